The van der Waals surface area contributed by atoms with Gasteiger partial charge in [-0.2, -0.15) is 0 Å². The Bertz CT molecular complexity index is 751. The zero-order valence-corrected chi connectivity index (χ0v) is 18.3. The van der Waals surface area contributed by atoms with Crippen LogP contribution in [0.5, 0.6) is 5.75 Å². The molecule has 2 saturated heterocycles. The van der Waals surface area contributed by atoms with E-state index in [1.807, 2.05) is 60.9 Å². The summed E-state index contributed by atoms with van der Waals surface area (Å²) in [5.41, 5.74) is -0.262. The van der Waals surface area contributed by atoms with Crippen molar-refractivity contribution in [3.05, 3.63) is 30.3 Å². The van der Waals surface area contributed by atoms with Crippen LogP contribution < -0.4 is 4.74 Å². The molecule has 7 nitrogen and oxygen atoms in total. The van der Waals surface area contributed by atoms with Crippen LogP contribution in [0.25, 0.3) is 0 Å². The highest BCUT2D eigenvalue weighted by Crippen LogP contribution is 2.27. The van der Waals surface area contributed by atoms with Crippen molar-refractivity contribution in [3.8, 4) is 5.75 Å². The lowest BCUT2D eigenvalue weighted by Crippen LogP contribution is -2.52. The number of benzene rings is 1. The van der Waals surface area contributed by atoms with E-state index in [-0.39, 0.29) is 35.6 Å². The van der Waals surface area contributed by atoms with E-state index in [1.165, 1.54) is 0 Å². The molecule has 3 amide bonds. The van der Waals surface area contributed by atoms with Crippen molar-refractivity contribution in [1.82, 2.24) is 14.7 Å². The van der Waals surface area contributed by atoms with Gasteiger partial charge in [-0.1, -0.05) is 18.2 Å². The molecule has 3 rings (SSSR count). The van der Waals surface area contributed by atoms with Crippen LogP contribution in [0.15, 0.2) is 30.3 Å². The van der Waals surface area contributed by atoms with Crippen molar-refractivity contribution in [3.63, 3.8) is 0 Å². The highest BCUT2D eigenvalue weighted by molar-refractivity contribution is 5.89. The maximum absolute atomic E-state index is 12.9. The number of amides is 3. The van der Waals surface area contributed by atoms with E-state index in [9.17, 15) is 14.4 Å². The van der Waals surface area contributed by atoms with E-state index >= 15 is 0 Å². The van der Waals surface area contributed by atoms with E-state index in [0.29, 0.717) is 52.2 Å². The molecule has 0 aromatic heterocycles. The molecule has 164 valence electrons. The summed E-state index contributed by atoms with van der Waals surface area (Å²) in [6.07, 6.45) is 1.40. The van der Waals surface area contributed by atoms with Gasteiger partial charge in [-0.15, -0.1) is 0 Å². The van der Waals surface area contributed by atoms with Crippen LogP contribution in [0.1, 0.15) is 40.0 Å². The minimum atomic E-state index is -0.269. The first-order valence-corrected chi connectivity index (χ1v) is 10.8. The molecular weight excluding hydrogens is 382 g/mol. The molecule has 1 atom stereocenters. The lowest BCUT2D eigenvalue weighted by molar-refractivity contribution is -0.142. The van der Waals surface area contributed by atoms with E-state index in [4.69, 9.17) is 4.74 Å². The van der Waals surface area contributed by atoms with E-state index in [2.05, 4.69) is 0 Å². The fraction of sp³-hybridized carbons (Fsp3) is 0.609. The van der Waals surface area contributed by atoms with Crippen LogP contribution >= 0.6 is 0 Å². The summed E-state index contributed by atoms with van der Waals surface area (Å²) in [6, 6.07) is 9.58. The Morgan fingerprint density at radius 3 is 2.27 bits per heavy atom. The van der Waals surface area contributed by atoms with Crippen LogP contribution in [0.2, 0.25) is 0 Å². The average molecular weight is 416 g/mol. The van der Waals surface area contributed by atoms with Gasteiger partial charge < -0.3 is 19.4 Å². The molecule has 0 saturated carbocycles. The molecule has 2 heterocycles. The first kappa shape index (κ1) is 22.1. The summed E-state index contributed by atoms with van der Waals surface area (Å²) in [6.45, 7) is 9.14. The van der Waals surface area contributed by atoms with Gasteiger partial charge in [0.1, 0.15) is 5.75 Å². The zero-order valence-electron chi connectivity index (χ0n) is 18.3. The number of ether oxygens (including phenoxy) is 1. The predicted molar refractivity (Wildman–Crippen MR) is 114 cm³/mol. The third-order valence-corrected chi connectivity index (χ3v) is 5.77. The van der Waals surface area contributed by atoms with Crippen LogP contribution in [-0.2, 0) is 14.4 Å². The summed E-state index contributed by atoms with van der Waals surface area (Å²) in [7, 11) is 0. The molecule has 0 spiro atoms. The lowest BCUT2D eigenvalue weighted by atomic mass is 10.1. The molecule has 1 unspecified atom stereocenters. The summed E-state index contributed by atoms with van der Waals surface area (Å²) >= 11 is 0. The van der Waals surface area contributed by atoms with Gasteiger partial charge in [0, 0.05) is 51.1 Å². The van der Waals surface area contributed by atoms with Gasteiger partial charge in [0.15, 0.2) is 0 Å². The normalized spacial score (nSPS) is 19.9. The first-order chi connectivity index (χ1) is 14.3. The molecule has 0 aliphatic carbocycles. The second-order valence-corrected chi connectivity index (χ2v) is 9.05. The minimum absolute atomic E-state index is 0.0402. The van der Waals surface area contributed by atoms with E-state index < -0.39 is 0 Å². The molecule has 2 aliphatic rings. The second-order valence-electron chi connectivity index (χ2n) is 9.05. The van der Waals surface area contributed by atoms with Gasteiger partial charge in [0.2, 0.25) is 17.7 Å². The monoisotopic (exact) mass is 415 g/mol. The Hall–Kier alpha value is -2.57. The minimum Gasteiger partial charge on any atom is -0.494 e. The topological polar surface area (TPSA) is 70.2 Å². The number of carbonyl (C=O) groups excluding carboxylic acids is 3. The Kier molecular flexibility index (Phi) is 7.00. The Morgan fingerprint density at radius 2 is 1.67 bits per heavy atom. The van der Waals surface area contributed by atoms with Gasteiger partial charge in [0.25, 0.3) is 0 Å². The maximum Gasteiger partial charge on any atom is 0.228 e. The second kappa shape index (κ2) is 9.49. The van der Waals surface area contributed by atoms with Crippen LogP contribution in [0, 0.1) is 5.92 Å². The number of likely N-dealkylation sites (tertiary alicyclic amines) is 1. The average Bonchev–Trinajstić information content (AvgIpc) is 3.13. The highest BCUT2D eigenvalue weighted by Gasteiger charge is 2.41. The quantitative estimate of drug-likeness (QED) is 0.668. The molecule has 0 N–H and O–H groups in total. The maximum atomic E-state index is 12.9. The van der Waals surface area contributed by atoms with Crippen LogP contribution in [0.3, 0.4) is 0 Å². The van der Waals surface area contributed by atoms with Gasteiger partial charge in [0.05, 0.1) is 12.5 Å². The predicted octanol–water partition coefficient (Wildman–Crippen LogP) is 2.16. The van der Waals surface area contributed by atoms with Crippen molar-refractivity contribution in [2.75, 3.05) is 39.3 Å². The standard InChI is InChI=1S/C23H33N3O4/c1-23(2,3)26-17-18(16-21(26)28)22(29)25-13-11-24(12-14-25)20(27)10-7-15-30-19-8-5-4-6-9-19/h4-6,8-9,18H,7,10-17H2,1-3H3. The van der Waals surface area contributed by atoms with Crippen molar-refractivity contribution in [2.45, 2.75) is 45.6 Å². The fourth-order valence-corrected chi connectivity index (χ4v) is 4.04. The third kappa shape index (κ3) is 5.52. The third-order valence-electron chi connectivity index (χ3n) is 5.77. The summed E-state index contributed by atoms with van der Waals surface area (Å²) in [4.78, 5) is 43.0. The number of nitrogens with zero attached hydrogens (tertiary/aromatic N) is 3. The molecule has 7 heteroatoms. The molecule has 1 aromatic carbocycles. The molecular formula is C23H33N3O4. The first-order valence-electron chi connectivity index (χ1n) is 10.8. The number of para-hydroxylation sites is 1. The van der Waals surface area contributed by atoms with Crippen molar-refractivity contribution >= 4 is 17.7 Å². The van der Waals surface area contributed by atoms with Gasteiger partial charge in [-0.25, -0.2) is 0 Å². The van der Waals surface area contributed by atoms with Crippen LogP contribution in [-0.4, -0.2) is 77.3 Å². The summed E-state index contributed by atoms with van der Waals surface area (Å²) < 4.78 is 5.64. The Labute approximate surface area is 179 Å². The Morgan fingerprint density at radius 1 is 1.03 bits per heavy atom. The fourth-order valence-electron chi connectivity index (χ4n) is 4.04. The number of piperazine rings is 1. The summed E-state index contributed by atoms with van der Waals surface area (Å²) in [5.74, 6) is 0.737. The number of hydrogen-bond acceptors (Lipinski definition) is 4. The van der Waals surface area contributed by atoms with Gasteiger partial charge in [-0.3, -0.25) is 14.4 Å². The van der Waals surface area contributed by atoms with Crippen LogP contribution in [0.4, 0.5) is 0 Å². The molecule has 1 aromatic rings. The largest absolute Gasteiger partial charge is 0.494 e. The van der Waals surface area contributed by atoms with Gasteiger partial charge in [-0.05, 0) is 39.3 Å². The smallest absolute Gasteiger partial charge is 0.228 e. The SMILES string of the molecule is CC(C)(C)N1CC(C(=O)N2CCN(C(=O)CCCOc3ccccc3)CC2)CC1=O. The molecule has 2 fully saturated rings. The molecule has 0 bridgehead atoms. The summed E-state index contributed by atoms with van der Waals surface area (Å²) in [5, 5.41) is 0. The number of rotatable bonds is 6. The van der Waals surface area contributed by atoms with Crippen molar-refractivity contribution in [2.24, 2.45) is 5.92 Å². The zero-order chi connectivity index (χ0) is 21.7. The van der Waals surface area contributed by atoms with E-state index in [0.717, 1.165) is 5.75 Å². The van der Waals surface area contributed by atoms with Crippen molar-refractivity contribution in [1.29, 1.82) is 0 Å². The molecule has 2 aliphatic heterocycles. The highest BCUT2D eigenvalue weighted by atomic mass is 16.5. The van der Waals surface area contributed by atoms with Crippen molar-refractivity contribution < 1.29 is 19.1 Å². The number of carbonyl (C=O) groups is 3. The molecule has 30 heavy (non-hydrogen) atoms. The van der Waals surface area contributed by atoms with Gasteiger partial charge >= 0.3 is 0 Å². The number of hydrogen-bond donors (Lipinski definition) is 0. The lowest BCUT2D eigenvalue weighted by Gasteiger charge is -2.36. The Balaban J connectivity index is 1.38. The van der Waals surface area contributed by atoms with E-state index in [1.54, 1.807) is 4.90 Å². The molecule has 0 radical (unpaired) electrons.